The Morgan fingerprint density at radius 3 is 2.48 bits per heavy atom. The highest BCUT2D eigenvalue weighted by molar-refractivity contribution is 5.96. The number of nitrogens with zero attached hydrogens (tertiary/aromatic N) is 1. The van der Waals surface area contributed by atoms with E-state index >= 15 is 0 Å². The van der Waals surface area contributed by atoms with Gasteiger partial charge in [0.1, 0.15) is 5.75 Å². The van der Waals surface area contributed by atoms with Gasteiger partial charge in [-0.1, -0.05) is 36.4 Å². The Labute approximate surface area is 171 Å². The predicted molar refractivity (Wildman–Crippen MR) is 112 cm³/mol. The van der Waals surface area contributed by atoms with E-state index in [-0.39, 0.29) is 5.91 Å². The second kappa shape index (κ2) is 9.93. The van der Waals surface area contributed by atoms with Gasteiger partial charge in [-0.15, -0.1) is 0 Å². The number of benzene rings is 2. The molecule has 1 aliphatic rings. The molecule has 2 aromatic rings. The minimum absolute atomic E-state index is 0.271. The molecule has 3 N–H and O–H groups in total. The van der Waals surface area contributed by atoms with Crippen LogP contribution in [0.2, 0.25) is 0 Å². The number of hydrogen-bond donors (Lipinski definition) is 3. The quantitative estimate of drug-likeness (QED) is 0.680. The van der Waals surface area contributed by atoms with Crippen molar-refractivity contribution in [2.45, 2.75) is 13.0 Å². The third-order valence-electron chi connectivity index (χ3n) is 5.20. The number of amides is 3. The van der Waals surface area contributed by atoms with Crippen LogP contribution in [-0.4, -0.2) is 51.8 Å². The maximum atomic E-state index is 12.9. The summed E-state index contributed by atoms with van der Waals surface area (Å²) in [5.74, 6) is 0.563. The van der Waals surface area contributed by atoms with Crippen LogP contribution in [0.3, 0.4) is 0 Å². The maximum Gasteiger partial charge on any atom is 0.321 e. The number of piperazine rings is 1. The van der Waals surface area contributed by atoms with Crippen molar-refractivity contribution in [3.05, 3.63) is 60.2 Å². The van der Waals surface area contributed by atoms with Crippen LogP contribution >= 0.6 is 0 Å². The molecule has 1 fully saturated rings. The molecule has 0 radical (unpaired) electrons. The number of carbonyl (C=O) groups is 2. The highest BCUT2D eigenvalue weighted by Crippen LogP contribution is 2.21. The fraction of sp³-hybridized carbons (Fsp3) is 0.364. The topological polar surface area (TPSA) is 75.1 Å². The number of imide groups is 1. The van der Waals surface area contributed by atoms with Crippen molar-refractivity contribution in [3.63, 3.8) is 0 Å². The van der Waals surface area contributed by atoms with Gasteiger partial charge in [-0.3, -0.25) is 10.1 Å². The first kappa shape index (κ1) is 20.7. The number of urea groups is 1. The summed E-state index contributed by atoms with van der Waals surface area (Å²) in [5, 5.41) is 5.12. The molecule has 0 saturated carbocycles. The lowest BCUT2D eigenvalue weighted by Gasteiger charge is -2.37. The van der Waals surface area contributed by atoms with Gasteiger partial charge in [0.15, 0.2) is 6.04 Å². The molecule has 1 saturated heterocycles. The summed E-state index contributed by atoms with van der Waals surface area (Å²) in [6.07, 6.45) is 0. The molecule has 7 heteroatoms. The second-order valence-corrected chi connectivity index (χ2v) is 7.04. The van der Waals surface area contributed by atoms with E-state index in [0.717, 1.165) is 48.1 Å². The Kier molecular flexibility index (Phi) is 7.08. The third kappa shape index (κ3) is 5.26. The molecule has 0 aliphatic carbocycles. The zero-order valence-electron chi connectivity index (χ0n) is 17.0. The minimum Gasteiger partial charge on any atom is -0.497 e. The number of ether oxygens (including phenoxy) is 1. The summed E-state index contributed by atoms with van der Waals surface area (Å²) in [6.45, 7) is 5.52. The van der Waals surface area contributed by atoms with Gasteiger partial charge in [-0.25, -0.2) is 4.79 Å². The van der Waals surface area contributed by atoms with Crippen molar-refractivity contribution >= 4 is 17.6 Å². The van der Waals surface area contributed by atoms with Gasteiger partial charge in [-0.2, -0.15) is 0 Å². The monoisotopic (exact) mass is 397 g/mol. The molecule has 1 heterocycles. The zero-order valence-corrected chi connectivity index (χ0v) is 17.0. The summed E-state index contributed by atoms with van der Waals surface area (Å²) in [6, 6.07) is 16.8. The number of rotatable bonds is 6. The summed E-state index contributed by atoms with van der Waals surface area (Å²) >= 11 is 0. The molecule has 154 valence electrons. The van der Waals surface area contributed by atoms with Crippen LogP contribution in [0.1, 0.15) is 18.5 Å². The number of quaternary nitrogens is 1. The summed E-state index contributed by atoms with van der Waals surface area (Å²) in [7, 11) is 1.67. The van der Waals surface area contributed by atoms with Crippen molar-refractivity contribution in [1.29, 1.82) is 0 Å². The van der Waals surface area contributed by atoms with Gasteiger partial charge < -0.3 is 19.9 Å². The molecular formula is C22H29N4O3+. The normalized spacial score (nSPS) is 15.4. The van der Waals surface area contributed by atoms with E-state index in [0.29, 0.717) is 6.54 Å². The van der Waals surface area contributed by atoms with Crippen LogP contribution < -0.4 is 25.2 Å². The van der Waals surface area contributed by atoms with Crippen LogP contribution in [0, 0.1) is 0 Å². The second-order valence-electron chi connectivity index (χ2n) is 7.04. The lowest BCUT2D eigenvalue weighted by molar-refractivity contribution is -0.922. The smallest absolute Gasteiger partial charge is 0.321 e. The van der Waals surface area contributed by atoms with E-state index in [9.17, 15) is 9.59 Å². The maximum absolute atomic E-state index is 12.9. The van der Waals surface area contributed by atoms with Crippen molar-refractivity contribution in [2.75, 3.05) is 44.7 Å². The van der Waals surface area contributed by atoms with Crippen LogP contribution in [0.4, 0.5) is 10.5 Å². The highest BCUT2D eigenvalue weighted by atomic mass is 16.5. The molecule has 2 aromatic carbocycles. The number of carbonyl (C=O) groups excluding carboxylic acids is 2. The van der Waals surface area contributed by atoms with Crippen LogP contribution in [0.15, 0.2) is 54.6 Å². The van der Waals surface area contributed by atoms with Gasteiger partial charge >= 0.3 is 6.03 Å². The van der Waals surface area contributed by atoms with Crippen molar-refractivity contribution in [3.8, 4) is 5.75 Å². The first-order chi connectivity index (χ1) is 14.1. The molecule has 3 amide bonds. The molecule has 1 atom stereocenters. The average Bonchev–Trinajstić information content (AvgIpc) is 2.75. The molecule has 0 spiro atoms. The summed E-state index contributed by atoms with van der Waals surface area (Å²) in [5.41, 5.74) is 2.03. The van der Waals surface area contributed by atoms with Gasteiger partial charge in [0.05, 0.1) is 33.3 Å². The van der Waals surface area contributed by atoms with Crippen molar-refractivity contribution in [2.24, 2.45) is 0 Å². The van der Waals surface area contributed by atoms with Crippen molar-refractivity contribution in [1.82, 2.24) is 10.6 Å². The molecule has 7 nitrogen and oxygen atoms in total. The molecule has 0 aromatic heterocycles. The first-order valence-electron chi connectivity index (χ1n) is 9.99. The summed E-state index contributed by atoms with van der Waals surface area (Å²) in [4.78, 5) is 28.3. The van der Waals surface area contributed by atoms with Gasteiger partial charge in [0, 0.05) is 23.9 Å². The van der Waals surface area contributed by atoms with Gasteiger partial charge in [-0.05, 0) is 19.1 Å². The Bertz CT molecular complexity index is 820. The van der Waals surface area contributed by atoms with Crippen LogP contribution in [-0.2, 0) is 4.79 Å². The van der Waals surface area contributed by atoms with E-state index in [2.05, 4.69) is 21.6 Å². The van der Waals surface area contributed by atoms with Gasteiger partial charge in [0.2, 0.25) is 0 Å². The Hall–Kier alpha value is -3.06. The Balaban J connectivity index is 1.72. The molecule has 1 aliphatic heterocycles. The van der Waals surface area contributed by atoms with Crippen LogP contribution in [0.5, 0.6) is 5.75 Å². The van der Waals surface area contributed by atoms with Crippen molar-refractivity contribution < 1.29 is 19.2 Å². The van der Waals surface area contributed by atoms with E-state index in [4.69, 9.17) is 4.74 Å². The predicted octanol–water partition coefficient (Wildman–Crippen LogP) is 0.987. The van der Waals surface area contributed by atoms with E-state index in [1.807, 2.05) is 55.5 Å². The number of anilines is 1. The fourth-order valence-electron chi connectivity index (χ4n) is 3.75. The minimum atomic E-state index is -0.451. The van der Waals surface area contributed by atoms with Crippen LogP contribution in [0.25, 0.3) is 0 Å². The third-order valence-corrected chi connectivity index (χ3v) is 5.20. The zero-order chi connectivity index (χ0) is 20.6. The highest BCUT2D eigenvalue weighted by Gasteiger charge is 2.35. The van der Waals surface area contributed by atoms with E-state index in [1.165, 1.54) is 0 Å². The summed E-state index contributed by atoms with van der Waals surface area (Å²) < 4.78 is 5.33. The van der Waals surface area contributed by atoms with Gasteiger partial charge in [0.25, 0.3) is 5.91 Å². The largest absolute Gasteiger partial charge is 0.497 e. The number of nitrogens with one attached hydrogen (secondary N) is 3. The molecule has 0 unspecified atom stereocenters. The average molecular weight is 397 g/mol. The van der Waals surface area contributed by atoms with E-state index in [1.54, 1.807) is 7.11 Å². The first-order valence-corrected chi connectivity index (χ1v) is 9.99. The Morgan fingerprint density at radius 2 is 1.83 bits per heavy atom. The lowest BCUT2D eigenvalue weighted by atomic mass is 10.0. The number of methoxy groups -OCH3 is 1. The number of hydrogen-bond acceptors (Lipinski definition) is 4. The SMILES string of the molecule is CCNC(=O)NC(=O)[C@@H](c1ccccc1)[NH+]1CCN(c2cccc(OC)c2)CC1. The molecule has 3 rings (SSSR count). The van der Waals surface area contributed by atoms with E-state index < -0.39 is 12.1 Å². The Morgan fingerprint density at radius 1 is 1.10 bits per heavy atom. The molecule has 29 heavy (non-hydrogen) atoms. The lowest BCUT2D eigenvalue weighted by Crippen LogP contribution is -3.16. The fourth-order valence-corrected chi connectivity index (χ4v) is 3.75. The standard InChI is InChI=1S/C22H28N4O3/c1-3-23-22(28)24-21(27)20(17-8-5-4-6-9-17)26-14-12-25(13-15-26)18-10-7-11-19(16-18)29-2/h4-11,16,20H,3,12-15H2,1-2H3,(H2,23,24,27,28)/p+1/t20-/m1/s1. The molecule has 0 bridgehead atoms. The molecular weight excluding hydrogens is 368 g/mol.